The molecule has 132 valence electrons. The minimum atomic E-state index is -0.493. The zero-order valence-electron chi connectivity index (χ0n) is 13.2. The van der Waals surface area contributed by atoms with E-state index in [2.05, 4.69) is 15.3 Å². The highest BCUT2D eigenvalue weighted by Gasteiger charge is 2.23. The molecule has 0 aliphatic carbocycles. The number of nitro groups is 1. The molecule has 1 heterocycles. The highest BCUT2D eigenvalue weighted by molar-refractivity contribution is 7.99. The Morgan fingerprint density at radius 2 is 1.81 bits per heavy atom. The fourth-order valence-corrected chi connectivity index (χ4v) is 3.36. The summed E-state index contributed by atoms with van der Waals surface area (Å²) in [5.74, 6) is 0.140. The van der Waals surface area contributed by atoms with Gasteiger partial charge in [0, 0.05) is 21.5 Å². The lowest BCUT2D eigenvalue weighted by Gasteiger charge is -2.09. The van der Waals surface area contributed by atoms with Crippen LogP contribution in [0.1, 0.15) is 5.56 Å². The number of nitrogens with one attached hydrogen (secondary N) is 1. The molecule has 3 aromatic rings. The number of nitrogens with zero attached hydrogens (tertiary/aromatic N) is 3. The average molecular weight is 407 g/mol. The number of aromatic nitrogens is 2. The summed E-state index contributed by atoms with van der Waals surface area (Å²) >= 11 is 13.2. The van der Waals surface area contributed by atoms with Crippen LogP contribution in [0.25, 0.3) is 0 Å². The Hall–Kier alpha value is -2.35. The lowest BCUT2D eigenvalue weighted by Crippen LogP contribution is -2.07. The predicted molar refractivity (Wildman–Crippen MR) is 103 cm³/mol. The monoisotopic (exact) mass is 406 g/mol. The fraction of sp³-hybridized carbons (Fsp3) is 0.0588. The SMILES string of the molecule is O=[N+]([O-])c1c(NCc2ccccc2Cl)ncnc1Sc1ccc(Cl)cc1. The molecule has 0 unspecified atom stereocenters. The van der Waals surface area contributed by atoms with E-state index >= 15 is 0 Å². The van der Waals surface area contributed by atoms with Crippen LogP contribution in [0, 0.1) is 10.1 Å². The van der Waals surface area contributed by atoms with E-state index in [4.69, 9.17) is 23.2 Å². The summed E-state index contributed by atoms with van der Waals surface area (Å²) in [6.45, 7) is 0.308. The average Bonchev–Trinajstić information content (AvgIpc) is 2.63. The highest BCUT2D eigenvalue weighted by atomic mass is 35.5. The predicted octanol–water partition coefficient (Wildman–Crippen LogP) is 5.45. The van der Waals surface area contributed by atoms with Gasteiger partial charge in [-0.3, -0.25) is 10.1 Å². The molecule has 0 radical (unpaired) electrons. The van der Waals surface area contributed by atoms with Crippen LogP contribution in [0.15, 0.2) is 64.8 Å². The summed E-state index contributed by atoms with van der Waals surface area (Å²) in [5.41, 5.74) is 0.633. The van der Waals surface area contributed by atoms with Gasteiger partial charge in [0.15, 0.2) is 5.03 Å². The normalized spacial score (nSPS) is 10.5. The van der Waals surface area contributed by atoms with Crippen LogP contribution in [0.5, 0.6) is 0 Å². The molecule has 26 heavy (non-hydrogen) atoms. The van der Waals surface area contributed by atoms with Gasteiger partial charge in [-0.15, -0.1) is 0 Å². The van der Waals surface area contributed by atoms with E-state index < -0.39 is 4.92 Å². The van der Waals surface area contributed by atoms with Crippen LogP contribution in [0.4, 0.5) is 11.5 Å². The first kappa shape index (κ1) is 18.4. The molecule has 0 aliphatic heterocycles. The first-order valence-corrected chi connectivity index (χ1v) is 9.02. The van der Waals surface area contributed by atoms with Gasteiger partial charge in [-0.1, -0.05) is 53.2 Å². The van der Waals surface area contributed by atoms with Crippen molar-refractivity contribution < 1.29 is 4.92 Å². The Balaban J connectivity index is 1.87. The van der Waals surface area contributed by atoms with Crippen molar-refractivity contribution in [3.05, 3.63) is 80.6 Å². The second kappa shape index (κ2) is 8.35. The van der Waals surface area contributed by atoms with Gasteiger partial charge >= 0.3 is 5.69 Å². The van der Waals surface area contributed by atoms with Crippen LogP contribution in [0.3, 0.4) is 0 Å². The topological polar surface area (TPSA) is 81.0 Å². The summed E-state index contributed by atoms with van der Waals surface area (Å²) in [6.07, 6.45) is 1.29. The lowest BCUT2D eigenvalue weighted by atomic mass is 10.2. The number of anilines is 1. The zero-order valence-corrected chi connectivity index (χ0v) is 15.6. The van der Waals surface area contributed by atoms with Gasteiger partial charge in [0.1, 0.15) is 6.33 Å². The molecule has 1 N–H and O–H groups in total. The molecule has 0 spiro atoms. The van der Waals surface area contributed by atoms with Gasteiger partial charge < -0.3 is 5.32 Å². The number of halogens is 2. The number of benzene rings is 2. The zero-order chi connectivity index (χ0) is 18.5. The van der Waals surface area contributed by atoms with Crippen LogP contribution >= 0.6 is 35.0 Å². The highest BCUT2D eigenvalue weighted by Crippen LogP contribution is 2.37. The minimum Gasteiger partial charge on any atom is -0.360 e. The standard InChI is InChI=1S/C17H12Cl2N4O2S/c18-12-5-7-13(8-6-12)26-17-15(23(24)25)16(21-10-22-17)20-9-11-3-1-2-4-14(11)19/h1-8,10H,9H2,(H,20,21,22). The summed E-state index contributed by atoms with van der Waals surface area (Å²) in [7, 11) is 0. The van der Waals surface area contributed by atoms with Gasteiger partial charge in [0.2, 0.25) is 5.82 Å². The van der Waals surface area contributed by atoms with E-state index in [1.165, 1.54) is 18.1 Å². The molecule has 0 saturated heterocycles. The second-order valence-electron chi connectivity index (χ2n) is 5.13. The van der Waals surface area contributed by atoms with Crippen LogP contribution in [-0.4, -0.2) is 14.9 Å². The van der Waals surface area contributed by atoms with E-state index in [0.717, 1.165) is 10.5 Å². The van der Waals surface area contributed by atoms with Crippen molar-refractivity contribution in [3.63, 3.8) is 0 Å². The summed E-state index contributed by atoms with van der Waals surface area (Å²) in [4.78, 5) is 20.0. The van der Waals surface area contributed by atoms with Crippen LogP contribution < -0.4 is 5.32 Å². The Kier molecular flexibility index (Phi) is 5.92. The fourth-order valence-electron chi connectivity index (χ4n) is 2.17. The maximum atomic E-state index is 11.6. The third kappa shape index (κ3) is 4.43. The van der Waals surface area contributed by atoms with Crippen molar-refractivity contribution >= 4 is 46.5 Å². The Morgan fingerprint density at radius 3 is 2.50 bits per heavy atom. The minimum absolute atomic E-state index is 0.140. The molecular formula is C17H12Cl2N4O2S. The molecular weight excluding hydrogens is 395 g/mol. The first-order chi connectivity index (χ1) is 12.5. The largest absolute Gasteiger partial charge is 0.360 e. The van der Waals surface area contributed by atoms with E-state index in [1.54, 1.807) is 30.3 Å². The van der Waals surface area contributed by atoms with Crippen molar-refractivity contribution in [1.29, 1.82) is 0 Å². The molecule has 3 rings (SSSR count). The molecule has 0 aliphatic rings. The third-order valence-electron chi connectivity index (χ3n) is 3.40. The molecule has 0 saturated carbocycles. The van der Waals surface area contributed by atoms with Gasteiger partial charge in [-0.2, -0.15) is 0 Å². The Labute approximate surface area is 163 Å². The molecule has 0 bridgehead atoms. The van der Waals surface area contributed by atoms with Crippen molar-refractivity contribution in [2.75, 3.05) is 5.32 Å². The van der Waals surface area contributed by atoms with Crippen molar-refractivity contribution in [2.24, 2.45) is 0 Å². The molecule has 9 heteroatoms. The van der Waals surface area contributed by atoms with Crippen molar-refractivity contribution in [2.45, 2.75) is 16.5 Å². The third-order valence-corrected chi connectivity index (χ3v) is 5.02. The maximum Gasteiger partial charge on any atom is 0.343 e. The molecule has 0 amide bonds. The van der Waals surface area contributed by atoms with E-state index in [9.17, 15) is 10.1 Å². The molecule has 2 aromatic carbocycles. The van der Waals surface area contributed by atoms with Crippen molar-refractivity contribution in [1.82, 2.24) is 9.97 Å². The molecule has 0 atom stereocenters. The number of hydrogen-bond acceptors (Lipinski definition) is 6. The summed E-state index contributed by atoms with van der Waals surface area (Å²) < 4.78 is 0. The summed E-state index contributed by atoms with van der Waals surface area (Å²) in [5, 5.41) is 16.0. The molecule has 0 fully saturated rings. The second-order valence-corrected chi connectivity index (χ2v) is 7.04. The van der Waals surface area contributed by atoms with Gasteiger partial charge in [0.05, 0.1) is 4.92 Å². The smallest absolute Gasteiger partial charge is 0.343 e. The number of rotatable bonds is 6. The molecule has 1 aromatic heterocycles. The van der Waals surface area contributed by atoms with E-state index in [1.807, 2.05) is 18.2 Å². The Morgan fingerprint density at radius 1 is 1.08 bits per heavy atom. The Bertz CT molecular complexity index is 938. The van der Waals surface area contributed by atoms with Gasteiger partial charge in [-0.25, -0.2) is 9.97 Å². The summed E-state index contributed by atoms with van der Waals surface area (Å²) in [6, 6.07) is 14.2. The maximum absolute atomic E-state index is 11.6. The van der Waals surface area contributed by atoms with E-state index in [-0.39, 0.29) is 16.5 Å². The first-order valence-electron chi connectivity index (χ1n) is 7.44. The number of hydrogen-bond donors (Lipinski definition) is 1. The van der Waals surface area contributed by atoms with Crippen molar-refractivity contribution in [3.8, 4) is 0 Å². The van der Waals surface area contributed by atoms with Crippen LogP contribution in [-0.2, 0) is 6.54 Å². The quantitative estimate of drug-likeness (QED) is 0.332. The lowest BCUT2D eigenvalue weighted by molar-refractivity contribution is -0.387. The van der Waals surface area contributed by atoms with Crippen LogP contribution in [0.2, 0.25) is 10.0 Å². The van der Waals surface area contributed by atoms with Gasteiger partial charge in [-0.05, 0) is 35.9 Å². The van der Waals surface area contributed by atoms with E-state index in [0.29, 0.717) is 16.6 Å². The van der Waals surface area contributed by atoms with Gasteiger partial charge in [0.25, 0.3) is 0 Å². The molecule has 6 nitrogen and oxygen atoms in total.